The van der Waals surface area contributed by atoms with Gasteiger partial charge in [-0.1, -0.05) is 41.4 Å². The molecule has 0 aromatic heterocycles. The Morgan fingerprint density at radius 2 is 1.86 bits per heavy atom. The van der Waals surface area contributed by atoms with E-state index in [9.17, 15) is 32.9 Å². The number of nitrogens with zero attached hydrogens (tertiary/aromatic N) is 3. The fourth-order valence-corrected chi connectivity index (χ4v) is 5.48. The van der Waals surface area contributed by atoms with Gasteiger partial charge in [0, 0.05) is 31.8 Å². The largest absolute Gasteiger partial charge is 0.410 e. The lowest BCUT2D eigenvalue weighted by molar-refractivity contribution is -0.419. The number of hydrogen-bond donors (Lipinski definition) is 2. The zero-order valence-corrected chi connectivity index (χ0v) is 20.2. The number of alkyl halides is 4. The molecule has 1 heterocycles. The second kappa shape index (κ2) is 9.34. The van der Waals surface area contributed by atoms with Crippen LogP contribution in [0.2, 0.25) is 0 Å². The number of nitrogens with two attached hydrogens (primary N) is 1. The average Bonchev–Trinajstić information content (AvgIpc) is 3.02. The third-order valence-corrected chi connectivity index (χ3v) is 6.74. The van der Waals surface area contributed by atoms with E-state index in [-0.39, 0.29) is 11.1 Å². The van der Waals surface area contributed by atoms with E-state index in [0.717, 1.165) is 24.2 Å². The number of nitrogens with one attached hydrogen (secondary N) is 1. The second-order valence-corrected chi connectivity index (χ2v) is 9.04. The van der Waals surface area contributed by atoms with Gasteiger partial charge in [0.1, 0.15) is 16.6 Å². The first-order chi connectivity index (χ1) is 16.2. The Morgan fingerprint density at radius 1 is 1.26 bits per heavy atom. The van der Waals surface area contributed by atoms with E-state index in [1.165, 1.54) is 31.3 Å². The normalized spacial score (nSPS) is 25.3. The monoisotopic (exact) mass is 553 g/mol. The molecule has 1 aliphatic heterocycles. The van der Waals surface area contributed by atoms with Gasteiger partial charge in [-0.2, -0.15) is 13.2 Å². The summed E-state index contributed by atoms with van der Waals surface area (Å²) >= 11 is 19.4. The molecule has 3 unspecified atom stereocenters. The van der Waals surface area contributed by atoms with Crippen LogP contribution in [0.5, 0.6) is 0 Å². The molecule has 35 heavy (non-hydrogen) atoms. The van der Waals surface area contributed by atoms with E-state index in [1.54, 1.807) is 0 Å². The molecule has 2 amide bonds. The summed E-state index contributed by atoms with van der Waals surface area (Å²) in [7, 11) is 2.31. The lowest BCUT2D eigenvalue weighted by atomic mass is 9.82. The Hall–Kier alpha value is -2.80. The maximum atomic E-state index is 13.9. The van der Waals surface area contributed by atoms with Crippen LogP contribution >= 0.6 is 34.8 Å². The fourth-order valence-electron chi connectivity index (χ4n) is 4.11. The first kappa shape index (κ1) is 26.8. The predicted molar refractivity (Wildman–Crippen MR) is 122 cm³/mol. The summed E-state index contributed by atoms with van der Waals surface area (Å²) < 4.78 is 41.6. The number of benzene rings is 1. The molecule has 0 saturated heterocycles. The molecule has 3 atom stereocenters. The van der Waals surface area contributed by atoms with Gasteiger partial charge < -0.3 is 11.1 Å². The zero-order valence-electron chi connectivity index (χ0n) is 17.9. The van der Waals surface area contributed by atoms with Crippen molar-refractivity contribution in [1.29, 1.82) is 0 Å². The summed E-state index contributed by atoms with van der Waals surface area (Å²) in [5.74, 6) is -1.95. The first-order valence-electron chi connectivity index (χ1n) is 9.69. The summed E-state index contributed by atoms with van der Waals surface area (Å²) in [5.41, 5.74) is 3.98. The second-order valence-electron chi connectivity index (χ2n) is 7.57. The molecule has 9 nitrogen and oxygen atoms in total. The highest BCUT2D eigenvalue weighted by atomic mass is 35.5. The molecule has 0 radical (unpaired) electrons. The van der Waals surface area contributed by atoms with Gasteiger partial charge in [-0.25, -0.2) is 5.01 Å². The number of nitro groups is 1. The molecule has 2 aliphatic rings. The number of hydrazine groups is 1. The lowest BCUT2D eigenvalue weighted by Gasteiger charge is -2.45. The highest BCUT2D eigenvalue weighted by Gasteiger charge is 2.59. The Labute approximate surface area is 211 Å². The van der Waals surface area contributed by atoms with Crippen LogP contribution in [0.4, 0.5) is 13.2 Å². The van der Waals surface area contributed by atoms with Crippen molar-refractivity contribution in [2.24, 2.45) is 5.73 Å². The van der Waals surface area contributed by atoms with Gasteiger partial charge in [0.05, 0.1) is 15.0 Å². The minimum Gasteiger partial charge on any atom is -0.364 e. The molecule has 15 heteroatoms. The van der Waals surface area contributed by atoms with Crippen molar-refractivity contribution in [1.82, 2.24) is 15.3 Å². The molecule has 0 bridgehead atoms. The van der Waals surface area contributed by atoms with Crippen molar-refractivity contribution in [3.63, 3.8) is 0 Å². The van der Waals surface area contributed by atoms with Gasteiger partial charge in [0.25, 0.3) is 17.5 Å². The van der Waals surface area contributed by atoms with Gasteiger partial charge in [-0.3, -0.25) is 24.7 Å². The highest BCUT2D eigenvalue weighted by Crippen LogP contribution is 2.51. The summed E-state index contributed by atoms with van der Waals surface area (Å²) in [6.45, 7) is 0. The fraction of sp³-hybridized carbons (Fsp3) is 0.300. The van der Waals surface area contributed by atoms with Crippen LogP contribution in [-0.2, 0) is 9.67 Å². The van der Waals surface area contributed by atoms with E-state index < -0.39 is 61.3 Å². The molecule has 188 valence electrons. The van der Waals surface area contributed by atoms with Gasteiger partial charge in [-0.05, 0) is 11.6 Å². The molecule has 1 aromatic rings. The number of amides is 2. The summed E-state index contributed by atoms with van der Waals surface area (Å²) in [4.78, 5) is 33.5. The standard InChI is InChI=1S/C20H17Cl3F3N5O4/c1-28-18(33)10-5-3-4-6-11(10)19(23)8-9(31(34)35)7-12(21)15(19)30-14(17(27)32)13(22)16(29(30)2)20(24,25)26/h3-8,15-16H,1-2H3,(H2,27,32)(H,28,33). The van der Waals surface area contributed by atoms with Gasteiger partial charge in [-0.15, -0.1) is 11.6 Å². The first-order valence-corrected chi connectivity index (χ1v) is 10.8. The Balaban J connectivity index is 2.35. The molecule has 0 spiro atoms. The Morgan fingerprint density at radius 3 is 2.37 bits per heavy atom. The summed E-state index contributed by atoms with van der Waals surface area (Å²) in [6, 6.07) is 1.61. The molecule has 1 aliphatic carbocycles. The third-order valence-electron chi connectivity index (χ3n) is 5.52. The van der Waals surface area contributed by atoms with Gasteiger partial charge >= 0.3 is 6.18 Å². The molecule has 0 saturated carbocycles. The quantitative estimate of drug-likeness (QED) is 0.328. The summed E-state index contributed by atoms with van der Waals surface area (Å²) in [6.07, 6.45) is -3.12. The number of rotatable bonds is 5. The number of allylic oxidation sites excluding steroid dienone is 1. The highest BCUT2D eigenvalue weighted by molar-refractivity contribution is 6.35. The zero-order chi connectivity index (χ0) is 26.5. The lowest BCUT2D eigenvalue weighted by Crippen LogP contribution is -2.57. The van der Waals surface area contributed by atoms with Crippen LogP contribution in [0.1, 0.15) is 15.9 Å². The predicted octanol–water partition coefficient (Wildman–Crippen LogP) is 3.17. The van der Waals surface area contributed by atoms with E-state index in [4.69, 9.17) is 40.5 Å². The van der Waals surface area contributed by atoms with Crippen LogP contribution in [0.3, 0.4) is 0 Å². The number of carbonyl (C=O) groups excluding carboxylic acids is 2. The average molecular weight is 555 g/mol. The molecule has 3 N–H and O–H groups in total. The molecular weight excluding hydrogens is 538 g/mol. The van der Waals surface area contributed by atoms with E-state index in [2.05, 4.69) is 5.32 Å². The van der Waals surface area contributed by atoms with Crippen LogP contribution in [0.15, 0.2) is 57.9 Å². The molecular formula is C20H17Cl3F3N5O4. The SMILES string of the molecule is CNC(=O)c1ccccc1C1(Cl)C=C([N+](=O)[O-])C=C(Cl)C1N1C(C(N)=O)=C(Cl)C(C(F)(F)F)N1C. The molecule has 3 rings (SSSR count). The number of primary amides is 1. The number of hydrogen-bond acceptors (Lipinski definition) is 6. The number of likely N-dealkylation sites (N-methyl/N-ethyl adjacent to an activating group) is 1. The third kappa shape index (κ3) is 4.46. The molecule has 0 fully saturated rings. The summed E-state index contributed by atoms with van der Waals surface area (Å²) in [5, 5.41) is 14.0. The van der Waals surface area contributed by atoms with Crippen molar-refractivity contribution in [2.45, 2.75) is 23.1 Å². The minimum absolute atomic E-state index is 0.0274. The van der Waals surface area contributed by atoms with Gasteiger partial charge in [0.15, 0.2) is 6.04 Å². The van der Waals surface area contributed by atoms with Crippen LogP contribution in [0, 0.1) is 10.1 Å². The van der Waals surface area contributed by atoms with E-state index in [1.807, 2.05) is 0 Å². The number of halogens is 6. The maximum Gasteiger partial charge on any atom is 0.410 e. The van der Waals surface area contributed by atoms with Gasteiger partial charge in [0.2, 0.25) is 0 Å². The maximum absolute atomic E-state index is 13.9. The number of carbonyl (C=O) groups is 2. The van der Waals surface area contributed by atoms with E-state index in [0.29, 0.717) is 5.01 Å². The molecule has 1 aromatic carbocycles. The Bertz CT molecular complexity index is 1200. The smallest absolute Gasteiger partial charge is 0.364 e. The van der Waals surface area contributed by atoms with Crippen LogP contribution < -0.4 is 11.1 Å². The van der Waals surface area contributed by atoms with Crippen molar-refractivity contribution < 1.29 is 27.7 Å². The van der Waals surface area contributed by atoms with Crippen molar-refractivity contribution in [3.8, 4) is 0 Å². The van der Waals surface area contributed by atoms with Crippen LogP contribution in [0.25, 0.3) is 0 Å². The van der Waals surface area contributed by atoms with Crippen LogP contribution in [-0.4, -0.2) is 59.1 Å². The topological polar surface area (TPSA) is 122 Å². The van der Waals surface area contributed by atoms with Crippen molar-refractivity contribution in [2.75, 3.05) is 14.1 Å². The van der Waals surface area contributed by atoms with Crippen molar-refractivity contribution >= 4 is 46.6 Å². The van der Waals surface area contributed by atoms with E-state index >= 15 is 0 Å². The Kier molecular flexibility index (Phi) is 7.15. The minimum atomic E-state index is -4.94. The van der Waals surface area contributed by atoms with Crippen molar-refractivity contribution in [3.05, 3.63) is 79.1 Å².